The normalized spacial score (nSPS) is 10.6. The van der Waals surface area contributed by atoms with E-state index in [4.69, 9.17) is 27.9 Å². The lowest BCUT2D eigenvalue weighted by Gasteiger charge is -2.08. The number of methoxy groups -OCH3 is 1. The Hall–Kier alpha value is -1.32. The van der Waals surface area contributed by atoms with Gasteiger partial charge in [-0.1, -0.05) is 48.7 Å². The van der Waals surface area contributed by atoms with E-state index in [1.54, 1.807) is 7.11 Å². The molecule has 0 aliphatic heterocycles. The minimum atomic E-state index is 0.449. The molecule has 0 saturated carbocycles. The molecule has 0 aliphatic rings. The van der Waals surface area contributed by atoms with Crippen LogP contribution in [-0.2, 0) is 12.8 Å². The van der Waals surface area contributed by atoms with Crippen molar-refractivity contribution in [3.8, 4) is 5.75 Å². The summed E-state index contributed by atoms with van der Waals surface area (Å²) in [5.41, 5.74) is 1.88. The topological polar surface area (TPSA) is 35.0 Å². The Kier molecular flexibility index (Phi) is 5.21. The third-order valence-electron chi connectivity index (χ3n) is 2.95. The van der Waals surface area contributed by atoms with Crippen LogP contribution >= 0.6 is 23.2 Å². The SMILES string of the molecule is CCCc1c(Cl)nc(Cc2cccc(OC)c2)nc1Cl. The van der Waals surface area contributed by atoms with E-state index >= 15 is 0 Å². The van der Waals surface area contributed by atoms with Crippen LogP contribution < -0.4 is 4.74 Å². The Balaban J connectivity index is 2.25. The highest BCUT2D eigenvalue weighted by Gasteiger charge is 2.11. The average Bonchev–Trinajstić information content (AvgIpc) is 2.43. The van der Waals surface area contributed by atoms with E-state index in [2.05, 4.69) is 16.9 Å². The number of ether oxygens (including phenoxy) is 1. The molecule has 1 aromatic carbocycles. The van der Waals surface area contributed by atoms with E-state index in [-0.39, 0.29) is 0 Å². The van der Waals surface area contributed by atoms with Gasteiger partial charge in [-0.05, 0) is 24.1 Å². The molecule has 2 aromatic rings. The molecule has 20 heavy (non-hydrogen) atoms. The Morgan fingerprint density at radius 2 is 1.85 bits per heavy atom. The second-order valence-electron chi connectivity index (χ2n) is 4.48. The van der Waals surface area contributed by atoms with Crippen molar-refractivity contribution in [2.75, 3.05) is 7.11 Å². The summed E-state index contributed by atoms with van der Waals surface area (Å²) in [5, 5.41) is 0.898. The zero-order valence-corrected chi connectivity index (χ0v) is 13.0. The van der Waals surface area contributed by atoms with Crippen LogP contribution in [0.3, 0.4) is 0 Å². The van der Waals surface area contributed by atoms with Crippen LogP contribution in [0.5, 0.6) is 5.75 Å². The lowest BCUT2D eigenvalue weighted by atomic mass is 10.1. The summed E-state index contributed by atoms with van der Waals surface area (Å²) in [6.07, 6.45) is 2.32. The third kappa shape index (κ3) is 3.62. The Morgan fingerprint density at radius 3 is 2.45 bits per heavy atom. The van der Waals surface area contributed by atoms with E-state index in [0.717, 1.165) is 29.7 Å². The molecule has 106 valence electrons. The first-order valence-electron chi connectivity index (χ1n) is 6.47. The van der Waals surface area contributed by atoms with Gasteiger partial charge in [0, 0.05) is 12.0 Å². The summed E-state index contributed by atoms with van der Waals surface area (Å²) in [5.74, 6) is 1.43. The van der Waals surface area contributed by atoms with E-state index in [1.807, 2.05) is 24.3 Å². The van der Waals surface area contributed by atoms with E-state index in [9.17, 15) is 0 Å². The molecule has 0 bridgehead atoms. The van der Waals surface area contributed by atoms with Gasteiger partial charge in [0.05, 0.1) is 7.11 Å². The van der Waals surface area contributed by atoms with Crippen molar-refractivity contribution in [3.05, 3.63) is 51.5 Å². The van der Waals surface area contributed by atoms with Crippen LogP contribution in [0.4, 0.5) is 0 Å². The molecule has 0 saturated heterocycles. The monoisotopic (exact) mass is 310 g/mol. The first-order valence-corrected chi connectivity index (χ1v) is 7.23. The molecule has 0 N–H and O–H groups in total. The summed E-state index contributed by atoms with van der Waals surface area (Å²) in [6.45, 7) is 2.07. The van der Waals surface area contributed by atoms with Crippen LogP contribution in [0.2, 0.25) is 10.3 Å². The summed E-state index contributed by atoms with van der Waals surface area (Å²) < 4.78 is 5.20. The third-order valence-corrected chi connectivity index (χ3v) is 3.57. The first-order chi connectivity index (χ1) is 9.63. The number of halogens is 2. The minimum Gasteiger partial charge on any atom is -0.497 e. The molecular weight excluding hydrogens is 295 g/mol. The predicted octanol–water partition coefficient (Wildman–Crippen LogP) is 4.34. The summed E-state index contributed by atoms with van der Waals surface area (Å²) in [4.78, 5) is 8.66. The van der Waals surface area contributed by atoms with Gasteiger partial charge in [0.1, 0.15) is 21.9 Å². The van der Waals surface area contributed by atoms with Crippen molar-refractivity contribution in [1.29, 1.82) is 0 Å². The van der Waals surface area contributed by atoms with Gasteiger partial charge in [-0.25, -0.2) is 9.97 Å². The zero-order valence-electron chi connectivity index (χ0n) is 11.5. The van der Waals surface area contributed by atoms with Gasteiger partial charge in [-0.15, -0.1) is 0 Å². The maximum absolute atomic E-state index is 6.18. The molecule has 0 aliphatic carbocycles. The van der Waals surface area contributed by atoms with Gasteiger partial charge >= 0.3 is 0 Å². The van der Waals surface area contributed by atoms with Crippen LogP contribution in [-0.4, -0.2) is 17.1 Å². The van der Waals surface area contributed by atoms with Crippen molar-refractivity contribution >= 4 is 23.2 Å². The average molecular weight is 311 g/mol. The molecular formula is C15H16Cl2N2O. The van der Waals surface area contributed by atoms with Gasteiger partial charge in [-0.3, -0.25) is 0 Å². The van der Waals surface area contributed by atoms with Crippen LogP contribution in [0.15, 0.2) is 24.3 Å². The molecule has 3 nitrogen and oxygen atoms in total. The minimum absolute atomic E-state index is 0.449. The fourth-order valence-corrected chi connectivity index (χ4v) is 2.58. The van der Waals surface area contributed by atoms with Gasteiger partial charge in [0.2, 0.25) is 0 Å². The molecule has 1 heterocycles. The lowest BCUT2D eigenvalue weighted by Crippen LogP contribution is -2.02. The second kappa shape index (κ2) is 6.91. The first kappa shape index (κ1) is 15.1. The summed E-state index contributed by atoms with van der Waals surface area (Å²) in [7, 11) is 1.64. The molecule has 5 heteroatoms. The van der Waals surface area contributed by atoms with Crippen molar-refractivity contribution in [2.45, 2.75) is 26.2 Å². The zero-order chi connectivity index (χ0) is 14.5. The van der Waals surface area contributed by atoms with Gasteiger partial charge in [-0.2, -0.15) is 0 Å². The maximum atomic E-state index is 6.18. The second-order valence-corrected chi connectivity index (χ2v) is 5.19. The van der Waals surface area contributed by atoms with Crippen molar-refractivity contribution in [3.63, 3.8) is 0 Å². The smallest absolute Gasteiger partial charge is 0.137 e. The molecule has 0 radical (unpaired) electrons. The Morgan fingerprint density at radius 1 is 1.15 bits per heavy atom. The van der Waals surface area contributed by atoms with Crippen LogP contribution in [0.25, 0.3) is 0 Å². The predicted molar refractivity (Wildman–Crippen MR) is 81.8 cm³/mol. The molecule has 0 fully saturated rings. The fourth-order valence-electron chi connectivity index (χ4n) is 1.97. The Bertz CT molecular complexity index is 579. The number of aromatic nitrogens is 2. The number of rotatable bonds is 5. The molecule has 0 unspecified atom stereocenters. The van der Waals surface area contributed by atoms with Crippen molar-refractivity contribution in [1.82, 2.24) is 9.97 Å². The van der Waals surface area contributed by atoms with E-state index in [1.165, 1.54) is 0 Å². The highest BCUT2D eigenvalue weighted by Crippen LogP contribution is 2.24. The number of nitrogens with zero attached hydrogens (tertiary/aromatic N) is 2. The van der Waals surface area contributed by atoms with Gasteiger partial charge in [0.15, 0.2) is 0 Å². The van der Waals surface area contributed by atoms with Gasteiger partial charge in [0.25, 0.3) is 0 Å². The summed E-state index contributed by atoms with van der Waals surface area (Å²) in [6, 6.07) is 7.77. The standard InChI is InChI=1S/C15H16Cl2N2O/c1-3-5-12-14(16)18-13(19-15(12)17)9-10-6-4-7-11(8-10)20-2/h4,6-8H,3,5,9H2,1-2H3. The van der Waals surface area contributed by atoms with E-state index < -0.39 is 0 Å². The van der Waals surface area contributed by atoms with Crippen LogP contribution in [0.1, 0.15) is 30.3 Å². The summed E-state index contributed by atoms with van der Waals surface area (Å²) >= 11 is 12.4. The molecule has 2 rings (SSSR count). The Labute approximate surface area is 128 Å². The lowest BCUT2D eigenvalue weighted by molar-refractivity contribution is 0.414. The van der Waals surface area contributed by atoms with Gasteiger partial charge < -0.3 is 4.74 Å². The fraction of sp³-hybridized carbons (Fsp3) is 0.333. The highest BCUT2D eigenvalue weighted by atomic mass is 35.5. The van der Waals surface area contributed by atoms with Crippen molar-refractivity contribution in [2.24, 2.45) is 0 Å². The van der Waals surface area contributed by atoms with Crippen molar-refractivity contribution < 1.29 is 4.74 Å². The molecule has 0 amide bonds. The van der Waals surface area contributed by atoms with E-state index in [0.29, 0.717) is 22.6 Å². The molecule has 0 atom stereocenters. The number of hydrogen-bond acceptors (Lipinski definition) is 3. The number of hydrogen-bond donors (Lipinski definition) is 0. The maximum Gasteiger partial charge on any atom is 0.137 e. The number of benzene rings is 1. The molecule has 0 spiro atoms. The quantitative estimate of drug-likeness (QED) is 0.771. The highest BCUT2D eigenvalue weighted by molar-refractivity contribution is 6.34. The van der Waals surface area contributed by atoms with Crippen LogP contribution in [0, 0.1) is 0 Å². The largest absolute Gasteiger partial charge is 0.497 e. The molecule has 1 aromatic heterocycles.